The normalized spacial score (nSPS) is 19.1. The highest BCUT2D eigenvalue weighted by molar-refractivity contribution is 5.95. The SMILES string of the molecule is Cc1c(C(=O)N2CCCC[C@@H]2CCC(=O)O)cnn1C. The molecule has 0 unspecified atom stereocenters. The van der Waals surface area contributed by atoms with Crippen molar-refractivity contribution in [3.63, 3.8) is 0 Å². The van der Waals surface area contributed by atoms with Crippen LogP contribution in [0.5, 0.6) is 0 Å². The van der Waals surface area contributed by atoms with Crippen LogP contribution in [0.25, 0.3) is 0 Å². The molecule has 110 valence electrons. The summed E-state index contributed by atoms with van der Waals surface area (Å²) in [6, 6.07) is 0.0342. The van der Waals surface area contributed by atoms with Crippen LogP contribution in [-0.2, 0) is 11.8 Å². The summed E-state index contributed by atoms with van der Waals surface area (Å²) in [5.41, 5.74) is 1.47. The minimum Gasteiger partial charge on any atom is -0.481 e. The molecule has 6 nitrogen and oxygen atoms in total. The lowest BCUT2D eigenvalue weighted by Crippen LogP contribution is -2.44. The highest BCUT2D eigenvalue weighted by atomic mass is 16.4. The van der Waals surface area contributed by atoms with Crippen molar-refractivity contribution in [3.05, 3.63) is 17.5 Å². The highest BCUT2D eigenvalue weighted by Gasteiger charge is 2.29. The van der Waals surface area contributed by atoms with Crippen LogP contribution in [0.1, 0.15) is 48.2 Å². The van der Waals surface area contributed by atoms with Crippen molar-refractivity contribution in [3.8, 4) is 0 Å². The van der Waals surface area contributed by atoms with Gasteiger partial charge in [-0.05, 0) is 32.6 Å². The summed E-state index contributed by atoms with van der Waals surface area (Å²) in [6.45, 7) is 2.58. The molecule has 0 radical (unpaired) electrons. The molecule has 20 heavy (non-hydrogen) atoms. The minimum absolute atomic E-state index is 0.0225. The Kier molecular flexibility index (Phi) is 4.42. The van der Waals surface area contributed by atoms with Crippen LogP contribution in [0.4, 0.5) is 0 Å². The molecule has 1 aromatic heterocycles. The van der Waals surface area contributed by atoms with E-state index in [0.29, 0.717) is 18.5 Å². The fourth-order valence-corrected chi connectivity index (χ4v) is 2.72. The summed E-state index contributed by atoms with van der Waals surface area (Å²) in [5, 5.41) is 12.9. The first-order chi connectivity index (χ1) is 9.50. The third kappa shape index (κ3) is 3.00. The minimum atomic E-state index is -0.805. The molecule has 1 atom stereocenters. The third-order valence-corrected chi connectivity index (χ3v) is 4.05. The molecule has 0 spiro atoms. The number of aromatic nitrogens is 2. The molecule has 1 N–H and O–H groups in total. The van der Waals surface area contributed by atoms with Gasteiger partial charge in [0.05, 0.1) is 11.8 Å². The Morgan fingerprint density at radius 3 is 2.80 bits per heavy atom. The van der Waals surface area contributed by atoms with Gasteiger partial charge in [-0.15, -0.1) is 0 Å². The van der Waals surface area contributed by atoms with Crippen molar-refractivity contribution in [1.82, 2.24) is 14.7 Å². The number of hydrogen-bond acceptors (Lipinski definition) is 3. The van der Waals surface area contributed by atoms with Gasteiger partial charge in [-0.2, -0.15) is 5.10 Å². The van der Waals surface area contributed by atoms with Crippen molar-refractivity contribution < 1.29 is 14.7 Å². The van der Waals surface area contributed by atoms with E-state index in [9.17, 15) is 9.59 Å². The Balaban J connectivity index is 2.13. The molecule has 1 saturated heterocycles. The first-order valence-corrected chi connectivity index (χ1v) is 7.02. The topological polar surface area (TPSA) is 75.4 Å². The molecule has 1 aliphatic heterocycles. The first kappa shape index (κ1) is 14.6. The number of amides is 1. The quantitative estimate of drug-likeness (QED) is 0.908. The zero-order valence-corrected chi connectivity index (χ0v) is 12.0. The maximum absolute atomic E-state index is 12.6. The number of nitrogens with zero attached hydrogens (tertiary/aromatic N) is 3. The highest BCUT2D eigenvalue weighted by Crippen LogP contribution is 2.23. The fraction of sp³-hybridized carbons (Fsp3) is 0.643. The molecule has 0 saturated carbocycles. The van der Waals surface area contributed by atoms with Crippen molar-refractivity contribution in [2.75, 3.05) is 6.54 Å². The number of carboxylic acid groups (broad SMARTS) is 1. The van der Waals surface area contributed by atoms with Crippen molar-refractivity contribution in [2.45, 2.75) is 45.1 Å². The Morgan fingerprint density at radius 2 is 2.20 bits per heavy atom. The molecule has 1 amide bonds. The van der Waals surface area contributed by atoms with E-state index in [0.717, 1.165) is 25.0 Å². The van der Waals surface area contributed by atoms with Crippen LogP contribution in [-0.4, -0.2) is 44.3 Å². The smallest absolute Gasteiger partial charge is 0.303 e. The average Bonchev–Trinajstić information content (AvgIpc) is 2.76. The molecule has 2 rings (SSSR count). The van der Waals surface area contributed by atoms with Crippen molar-refractivity contribution in [1.29, 1.82) is 0 Å². The second kappa shape index (κ2) is 6.07. The van der Waals surface area contributed by atoms with E-state index in [2.05, 4.69) is 5.10 Å². The number of hydrogen-bond donors (Lipinski definition) is 1. The predicted molar refractivity (Wildman–Crippen MR) is 73.5 cm³/mol. The van der Waals surface area contributed by atoms with E-state index in [1.54, 1.807) is 10.9 Å². The zero-order valence-electron chi connectivity index (χ0n) is 12.0. The second-order valence-corrected chi connectivity index (χ2v) is 5.35. The molecule has 6 heteroatoms. The first-order valence-electron chi connectivity index (χ1n) is 7.02. The monoisotopic (exact) mass is 279 g/mol. The summed E-state index contributed by atoms with van der Waals surface area (Å²) in [5.74, 6) is -0.828. The molecule has 0 aliphatic carbocycles. The molecular weight excluding hydrogens is 258 g/mol. The molecule has 0 bridgehead atoms. The van der Waals surface area contributed by atoms with Gasteiger partial charge < -0.3 is 10.0 Å². The van der Waals surface area contributed by atoms with Gasteiger partial charge in [0.25, 0.3) is 5.91 Å². The predicted octanol–water partition coefficient (Wildman–Crippen LogP) is 1.59. The Morgan fingerprint density at radius 1 is 1.45 bits per heavy atom. The Bertz CT molecular complexity index is 510. The van der Waals surface area contributed by atoms with Gasteiger partial charge in [0.15, 0.2) is 0 Å². The molecule has 0 aromatic carbocycles. The van der Waals surface area contributed by atoms with E-state index >= 15 is 0 Å². The number of carbonyl (C=O) groups excluding carboxylic acids is 1. The number of aryl methyl sites for hydroxylation is 1. The van der Waals surface area contributed by atoms with Gasteiger partial charge in [0.2, 0.25) is 0 Å². The summed E-state index contributed by atoms with van der Waals surface area (Å²) < 4.78 is 1.68. The van der Waals surface area contributed by atoms with E-state index in [1.807, 2.05) is 18.9 Å². The van der Waals surface area contributed by atoms with Crippen LogP contribution in [0, 0.1) is 6.92 Å². The Labute approximate surface area is 118 Å². The van der Waals surface area contributed by atoms with Crippen molar-refractivity contribution >= 4 is 11.9 Å². The summed E-state index contributed by atoms with van der Waals surface area (Å²) >= 11 is 0. The van der Waals surface area contributed by atoms with Gasteiger partial charge in [-0.1, -0.05) is 0 Å². The molecule has 2 heterocycles. The fourth-order valence-electron chi connectivity index (χ4n) is 2.72. The number of carboxylic acids is 1. The van der Waals surface area contributed by atoms with Gasteiger partial charge in [-0.3, -0.25) is 14.3 Å². The van der Waals surface area contributed by atoms with Gasteiger partial charge in [-0.25, -0.2) is 0 Å². The van der Waals surface area contributed by atoms with E-state index in [-0.39, 0.29) is 18.4 Å². The number of piperidine rings is 1. The van der Waals surface area contributed by atoms with Crippen LogP contribution in [0.15, 0.2) is 6.20 Å². The number of likely N-dealkylation sites (tertiary alicyclic amines) is 1. The number of carbonyl (C=O) groups is 2. The molecule has 1 aliphatic rings. The lowest BCUT2D eigenvalue weighted by molar-refractivity contribution is -0.137. The molecule has 1 aromatic rings. The molecule has 1 fully saturated rings. The lowest BCUT2D eigenvalue weighted by Gasteiger charge is -2.35. The van der Waals surface area contributed by atoms with Crippen LogP contribution in [0.2, 0.25) is 0 Å². The van der Waals surface area contributed by atoms with Gasteiger partial charge in [0, 0.05) is 31.7 Å². The van der Waals surface area contributed by atoms with Crippen LogP contribution < -0.4 is 0 Å². The molecular formula is C14H21N3O3. The summed E-state index contributed by atoms with van der Waals surface area (Å²) in [6.07, 6.45) is 5.16. The lowest BCUT2D eigenvalue weighted by atomic mass is 9.97. The Hall–Kier alpha value is -1.85. The number of aliphatic carboxylic acids is 1. The number of rotatable bonds is 4. The summed E-state index contributed by atoms with van der Waals surface area (Å²) in [7, 11) is 1.81. The van der Waals surface area contributed by atoms with E-state index < -0.39 is 5.97 Å². The maximum atomic E-state index is 12.6. The third-order valence-electron chi connectivity index (χ3n) is 4.05. The van der Waals surface area contributed by atoms with Crippen LogP contribution in [0.3, 0.4) is 0 Å². The average molecular weight is 279 g/mol. The standard InChI is InChI=1S/C14H21N3O3/c1-10-12(9-15-16(10)2)14(20)17-8-4-3-5-11(17)6-7-13(18)19/h9,11H,3-8H2,1-2H3,(H,18,19)/t11-/m1/s1. The van der Waals surface area contributed by atoms with E-state index in [4.69, 9.17) is 5.11 Å². The van der Waals surface area contributed by atoms with Crippen molar-refractivity contribution in [2.24, 2.45) is 7.05 Å². The van der Waals surface area contributed by atoms with E-state index in [1.165, 1.54) is 0 Å². The maximum Gasteiger partial charge on any atom is 0.303 e. The van der Waals surface area contributed by atoms with Gasteiger partial charge in [0.1, 0.15) is 0 Å². The van der Waals surface area contributed by atoms with Gasteiger partial charge >= 0.3 is 5.97 Å². The van der Waals surface area contributed by atoms with Crippen LogP contribution >= 0.6 is 0 Å². The largest absolute Gasteiger partial charge is 0.481 e. The zero-order chi connectivity index (χ0) is 14.7. The second-order valence-electron chi connectivity index (χ2n) is 5.35. The summed E-state index contributed by atoms with van der Waals surface area (Å²) in [4.78, 5) is 25.2.